The molecule has 1 N–H and O–H groups in total. The highest BCUT2D eigenvalue weighted by Gasteiger charge is 2.25. The molecule has 8 heteroatoms. The Labute approximate surface area is 220 Å². The van der Waals surface area contributed by atoms with Gasteiger partial charge in [-0.2, -0.15) is 0 Å². The Balaban J connectivity index is 1.79. The topological polar surface area (TPSA) is 70.0 Å². The number of thiophene rings is 1. The zero-order chi connectivity index (χ0) is 25.0. The number of hydrogen-bond acceptors (Lipinski definition) is 6. The summed E-state index contributed by atoms with van der Waals surface area (Å²) >= 11 is 5.19. The van der Waals surface area contributed by atoms with Crippen molar-refractivity contribution in [2.24, 2.45) is 15.9 Å². The Morgan fingerprint density at radius 1 is 1.34 bits per heavy atom. The first kappa shape index (κ1) is 26.8. The van der Waals surface area contributed by atoms with Gasteiger partial charge in [0, 0.05) is 73.6 Å². The highest BCUT2D eigenvalue weighted by atomic mass is 79.9. The number of allylic oxidation sites excluding steroid dienone is 4. The molecule has 0 aliphatic carbocycles. The molecule has 1 saturated heterocycles. The summed E-state index contributed by atoms with van der Waals surface area (Å²) in [7, 11) is 1.74. The SMILES string of the molecule is CN=C/C(Br)=C(C)/N=C(\C=C(/C)NCc1cccnc1)C1CCCN(C(=O)/C=C/c2cccs2)C1. The summed E-state index contributed by atoms with van der Waals surface area (Å²) in [4.78, 5) is 29.1. The predicted octanol–water partition coefficient (Wildman–Crippen LogP) is 5.86. The third-order valence-corrected chi connectivity index (χ3v) is 7.24. The van der Waals surface area contributed by atoms with Gasteiger partial charge in [0.15, 0.2) is 0 Å². The van der Waals surface area contributed by atoms with Crippen molar-refractivity contribution in [2.75, 3.05) is 20.1 Å². The molecule has 1 amide bonds. The molecule has 1 aliphatic heterocycles. The minimum Gasteiger partial charge on any atom is -0.384 e. The summed E-state index contributed by atoms with van der Waals surface area (Å²) in [5.74, 6) is 0.191. The lowest BCUT2D eigenvalue weighted by molar-refractivity contribution is -0.127. The minimum atomic E-state index is 0.0458. The molecule has 1 atom stereocenters. The second-order valence-corrected chi connectivity index (χ2v) is 10.2. The van der Waals surface area contributed by atoms with Gasteiger partial charge < -0.3 is 10.2 Å². The molecule has 0 bridgehead atoms. The van der Waals surface area contributed by atoms with E-state index in [-0.39, 0.29) is 11.8 Å². The third kappa shape index (κ3) is 8.71. The first-order valence-electron chi connectivity index (χ1n) is 11.6. The van der Waals surface area contributed by atoms with E-state index in [1.807, 2.05) is 60.7 Å². The smallest absolute Gasteiger partial charge is 0.246 e. The van der Waals surface area contributed by atoms with E-state index in [1.165, 1.54) is 0 Å². The molecule has 2 aromatic rings. The van der Waals surface area contributed by atoms with Gasteiger partial charge in [-0.25, -0.2) is 0 Å². The fraction of sp³-hybridized carbons (Fsp3) is 0.333. The molecule has 3 heterocycles. The molecule has 0 spiro atoms. The molecule has 6 nitrogen and oxygen atoms in total. The van der Waals surface area contributed by atoms with Gasteiger partial charge in [0.2, 0.25) is 5.91 Å². The summed E-state index contributed by atoms with van der Waals surface area (Å²) in [6, 6.07) is 7.98. The Morgan fingerprint density at radius 3 is 2.91 bits per heavy atom. The van der Waals surface area contributed by atoms with Crippen molar-refractivity contribution >= 4 is 51.2 Å². The average molecular weight is 555 g/mol. The molecule has 1 fully saturated rings. The van der Waals surface area contributed by atoms with Gasteiger partial charge in [0.25, 0.3) is 0 Å². The van der Waals surface area contributed by atoms with E-state index in [4.69, 9.17) is 4.99 Å². The molecule has 184 valence electrons. The number of carbonyl (C=O) groups excluding carboxylic acids is 1. The lowest BCUT2D eigenvalue weighted by Crippen LogP contribution is -2.41. The van der Waals surface area contributed by atoms with Gasteiger partial charge in [-0.05, 0) is 77.8 Å². The van der Waals surface area contributed by atoms with Crippen LogP contribution < -0.4 is 5.32 Å². The van der Waals surface area contributed by atoms with Crippen LogP contribution in [0, 0.1) is 5.92 Å². The highest BCUT2D eigenvalue weighted by Crippen LogP contribution is 2.22. The molecule has 0 saturated carbocycles. The zero-order valence-electron chi connectivity index (χ0n) is 20.4. The third-order valence-electron chi connectivity index (χ3n) is 5.63. The number of aliphatic imine (C=N–C) groups is 2. The maximum atomic E-state index is 12.9. The molecule has 35 heavy (non-hydrogen) atoms. The maximum absolute atomic E-state index is 12.9. The van der Waals surface area contributed by atoms with Crippen LogP contribution in [-0.4, -0.2) is 47.9 Å². The quantitative estimate of drug-likeness (QED) is 0.312. The maximum Gasteiger partial charge on any atom is 0.246 e. The van der Waals surface area contributed by atoms with Crippen LogP contribution in [-0.2, 0) is 11.3 Å². The normalized spacial score (nSPS) is 18.3. The molecule has 0 aromatic carbocycles. The van der Waals surface area contributed by atoms with Crippen LogP contribution in [0.2, 0.25) is 0 Å². The van der Waals surface area contributed by atoms with Gasteiger partial charge in [-0.1, -0.05) is 12.1 Å². The molecule has 1 unspecified atom stereocenters. The fourth-order valence-electron chi connectivity index (χ4n) is 3.78. The molecule has 2 aromatic heterocycles. The number of hydrogen-bond donors (Lipinski definition) is 1. The molecule has 0 radical (unpaired) electrons. The van der Waals surface area contributed by atoms with Crippen LogP contribution in [0.25, 0.3) is 6.08 Å². The number of aromatic nitrogens is 1. The summed E-state index contributed by atoms with van der Waals surface area (Å²) in [5, 5.41) is 5.47. The van der Waals surface area contributed by atoms with Crippen molar-refractivity contribution in [3.63, 3.8) is 0 Å². The Kier molecular flexibility index (Phi) is 10.6. The van der Waals surface area contributed by atoms with E-state index in [9.17, 15) is 4.79 Å². The predicted molar refractivity (Wildman–Crippen MR) is 151 cm³/mol. The lowest BCUT2D eigenvalue weighted by Gasteiger charge is -2.32. The first-order valence-corrected chi connectivity index (χ1v) is 13.3. The zero-order valence-corrected chi connectivity index (χ0v) is 22.8. The van der Waals surface area contributed by atoms with Crippen molar-refractivity contribution in [3.8, 4) is 0 Å². The lowest BCUT2D eigenvalue weighted by atomic mass is 9.92. The number of nitrogens with zero attached hydrogens (tertiary/aromatic N) is 4. The summed E-state index contributed by atoms with van der Waals surface area (Å²) in [5.41, 5.74) is 3.94. The Morgan fingerprint density at radius 2 is 2.20 bits per heavy atom. The highest BCUT2D eigenvalue weighted by molar-refractivity contribution is 9.12. The van der Waals surface area contributed by atoms with Crippen molar-refractivity contribution in [1.82, 2.24) is 15.2 Å². The van der Waals surface area contributed by atoms with Gasteiger partial charge in [0.1, 0.15) is 0 Å². The largest absolute Gasteiger partial charge is 0.384 e. The van der Waals surface area contributed by atoms with Gasteiger partial charge in [0.05, 0.1) is 10.2 Å². The van der Waals surface area contributed by atoms with Gasteiger partial charge in [-0.3, -0.25) is 19.8 Å². The minimum absolute atomic E-state index is 0.0458. The van der Waals surface area contributed by atoms with Crippen LogP contribution in [0.1, 0.15) is 37.1 Å². The number of rotatable bonds is 9. The van der Waals surface area contributed by atoms with E-state index in [1.54, 1.807) is 36.9 Å². The standard InChI is InChI=1S/C27H32BrN5OS/c1-20(31-17-22-7-4-12-30-16-22)15-26(32-21(2)25(28)18-29-3)23-8-5-13-33(19-23)27(34)11-10-24-9-6-14-35-24/h4,6-7,9-12,14-16,18,23,31H,5,8,13,17,19H2,1-3H3/b11-10+,20-15+,25-21-,29-18?,32-26+. The van der Waals surface area contributed by atoms with E-state index in [0.717, 1.165) is 51.4 Å². The van der Waals surface area contributed by atoms with Gasteiger partial charge in [-0.15, -0.1) is 11.3 Å². The number of nitrogens with one attached hydrogen (secondary N) is 1. The van der Waals surface area contributed by atoms with E-state index >= 15 is 0 Å². The van der Waals surface area contributed by atoms with Crippen LogP contribution in [0.15, 0.2) is 80.1 Å². The van der Waals surface area contributed by atoms with Gasteiger partial charge >= 0.3 is 0 Å². The number of pyridine rings is 1. The second-order valence-electron chi connectivity index (χ2n) is 8.37. The van der Waals surface area contributed by atoms with E-state index in [2.05, 4.69) is 37.3 Å². The van der Waals surface area contributed by atoms with Crippen molar-refractivity contribution < 1.29 is 4.79 Å². The number of likely N-dealkylation sites (tertiary alicyclic amines) is 1. The molecule has 3 rings (SSSR count). The van der Waals surface area contributed by atoms with Crippen molar-refractivity contribution in [2.45, 2.75) is 33.2 Å². The monoisotopic (exact) mass is 553 g/mol. The van der Waals surface area contributed by atoms with Crippen molar-refractivity contribution in [3.05, 3.63) is 80.5 Å². The number of carbonyl (C=O) groups is 1. The molecule has 1 aliphatic rings. The fourth-order valence-corrected chi connectivity index (χ4v) is 4.69. The van der Waals surface area contributed by atoms with Crippen LogP contribution >= 0.6 is 27.3 Å². The molecular weight excluding hydrogens is 522 g/mol. The number of amides is 1. The van der Waals surface area contributed by atoms with Crippen LogP contribution in [0.4, 0.5) is 0 Å². The first-order chi connectivity index (χ1) is 17.0. The second kappa shape index (κ2) is 13.9. The number of halogens is 1. The van der Waals surface area contributed by atoms with E-state index in [0.29, 0.717) is 13.1 Å². The Bertz CT molecular complexity index is 1120. The average Bonchev–Trinajstić information content (AvgIpc) is 3.40. The summed E-state index contributed by atoms with van der Waals surface area (Å²) < 4.78 is 0.842. The summed E-state index contributed by atoms with van der Waals surface area (Å²) in [6.07, 6.45) is 13.0. The van der Waals surface area contributed by atoms with Crippen molar-refractivity contribution in [1.29, 1.82) is 0 Å². The Hall–Kier alpha value is -2.84. The van der Waals surface area contributed by atoms with E-state index < -0.39 is 0 Å². The molecular formula is C27H32BrN5OS. The van der Waals surface area contributed by atoms with Crippen LogP contribution in [0.5, 0.6) is 0 Å². The van der Waals surface area contributed by atoms with Crippen LogP contribution in [0.3, 0.4) is 0 Å². The number of piperidine rings is 1. The summed E-state index contributed by atoms with van der Waals surface area (Å²) in [6.45, 7) is 6.11.